The van der Waals surface area contributed by atoms with Crippen LogP contribution >= 0.6 is 0 Å². The summed E-state index contributed by atoms with van der Waals surface area (Å²) in [6.45, 7) is 111. The minimum absolute atomic E-state index is 0.146. The molecular formula is C113H202O28. The van der Waals surface area contributed by atoms with Crippen LogP contribution in [-0.2, 0) is 160 Å². The minimum Gasteiger partial charge on any atom is -0.466 e. The molecule has 28 heteroatoms. The van der Waals surface area contributed by atoms with Gasteiger partial charge in [-0.2, -0.15) is 14.7 Å². The first-order chi connectivity index (χ1) is 62.5. The van der Waals surface area contributed by atoms with Gasteiger partial charge in [0.1, 0.15) is 40.0 Å². The van der Waals surface area contributed by atoms with Gasteiger partial charge in [0.15, 0.2) is 11.2 Å². The summed E-state index contributed by atoms with van der Waals surface area (Å²) in [4.78, 5) is 150. The molecule has 0 aromatic heterocycles. The summed E-state index contributed by atoms with van der Waals surface area (Å²) >= 11 is 0. The predicted molar refractivity (Wildman–Crippen MR) is 559 cm³/mol. The zero-order valence-corrected chi connectivity index (χ0v) is 99.3. The molecule has 822 valence electrons. The van der Waals surface area contributed by atoms with Crippen LogP contribution in [-0.4, -0.2) is 120 Å². The Balaban J connectivity index is -0.000000769. The van der Waals surface area contributed by atoms with E-state index in [1.54, 1.807) is 48.5 Å². The maximum atomic E-state index is 11.6. The number of carbonyl (C=O) groups is 2. The highest BCUT2D eigenvalue weighted by Gasteiger charge is 2.39. The molecule has 0 bridgehead atoms. The van der Waals surface area contributed by atoms with E-state index in [4.69, 9.17) is 117 Å². The summed E-state index contributed by atoms with van der Waals surface area (Å²) in [5.74, 6) is 4.18. The monoisotopic (exact) mass is 2010 g/mol. The summed E-state index contributed by atoms with van der Waals surface area (Å²) in [5, 5.41) is 0. The molecule has 0 heterocycles. The fraction of sp³-hybridized carbons (Fsp3) is 0.752. The number of rotatable bonds is 35. The lowest BCUT2D eigenvalue weighted by atomic mass is 9.92. The van der Waals surface area contributed by atoms with Gasteiger partial charge in [0.25, 0.3) is 0 Å². The van der Waals surface area contributed by atoms with Crippen molar-refractivity contribution < 1.29 is 136 Å². The van der Waals surface area contributed by atoms with Crippen molar-refractivity contribution in [2.45, 2.75) is 550 Å². The SMILES string of the molecule is CC(C)(C)OOC(C)(C)C.CC(C)(C)OOC(C)(C)C#CC(C)(C)OOC(C)(C)C.CC(C)(C)OOC(C)(C)CCC(C)(C)OOC(C)(C)C.CC(C)(C)OOC(C)(C)c1ccc(C(C)(C)OOC(C)(C)C)cc1.CC(C)(C)OOC(C)(C)c1ccccc1.CC(C)(OOC(C)(C)c1ccccc1)c1ccccc1.CC(C)OC(=O)OOC(C)(C)C.CCOC(=O)CC(C)(OOC(C)(C)C)OOC(C)(C)C. The molecule has 0 amide bonds. The lowest BCUT2D eigenvalue weighted by molar-refractivity contribution is -0.535. The number of hydrogen-bond donors (Lipinski definition) is 0. The first kappa shape index (κ1) is 142. The molecule has 4 aromatic rings. The van der Waals surface area contributed by atoms with Crippen LogP contribution < -0.4 is 0 Å². The highest BCUT2D eigenvalue weighted by molar-refractivity contribution is 5.70. The molecule has 0 saturated heterocycles. The van der Waals surface area contributed by atoms with Gasteiger partial charge < -0.3 is 9.47 Å². The topological polar surface area (TPSA) is 274 Å². The third-order valence-electron chi connectivity index (χ3n) is 15.6. The fourth-order valence-electron chi connectivity index (χ4n) is 8.48. The number of hydrogen-bond acceptors (Lipinski definition) is 28. The molecule has 0 aliphatic carbocycles. The molecular weight excluding hydrogens is 1810 g/mol. The van der Waals surface area contributed by atoms with E-state index in [2.05, 4.69) is 21.5 Å². The van der Waals surface area contributed by atoms with Crippen LogP contribution in [0.2, 0.25) is 0 Å². The Hall–Kier alpha value is -5.74. The molecule has 0 N–H and O–H groups in total. The van der Waals surface area contributed by atoms with Crippen LogP contribution in [0.1, 0.15) is 449 Å². The van der Waals surface area contributed by atoms with E-state index in [-0.39, 0.29) is 80.7 Å². The van der Waals surface area contributed by atoms with Crippen molar-refractivity contribution in [2.24, 2.45) is 0 Å². The molecule has 4 aromatic carbocycles. The molecule has 141 heavy (non-hydrogen) atoms. The average Bonchev–Trinajstić information content (AvgIpc) is 0.799. The van der Waals surface area contributed by atoms with E-state index in [0.29, 0.717) is 0 Å². The smallest absolute Gasteiger partial charge is 0.466 e. The van der Waals surface area contributed by atoms with E-state index < -0.39 is 73.9 Å². The zero-order chi connectivity index (χ0) is 112. The highest BCUT2D eigenvalue weighted by Crippen LogP contribution is 2.37. The van der Waals surface area contributed by atoms with Crippen molar-refractivity contribution in [1.82, 2.24) is 0 Å². The van der Waals surface area contributed by atoms with Crippen molar-refractivity contribution >= 4 is 12.1 Å². The van der Waals surface area contributed by atoms with Crippen LogP contribution in [0.3, 0.4) is 0 Å². The van der Waals surface area contributed by atoms with Crippen molar-refractivity contribution in [3.8, 4) is 11.8 Å². The molecule has 0 radical (unpaired) electrons. The summed E-state index contributed by atoms with van der Waals surface area (Å²) in [7, 11) is 0. The third-order valence-corrected chi connectivity index (χ3v) is 15.6. The normalized spacial score (nSPS) is 13.4. The van der Waals surface area contributed by atoms with Gasteiger partial charge in [-0.1, -0.05) is 127 Å². The van der Waals surface area contributed by atoms with Gasteiger partial charge in [-0.05, 0) is 442 Å². The van der Waals surface area contributed by atoms with E-state index in [1.165, 1.54) is 0 Å². The van der Waals surface area contributed by atoms with Gasteiger partial charge in [0.05, 0.1) is 85.5 Å². The molecule has 28 nitrogen and oxygen atoms in total. The maximum absolute atomic E-state index is 11.6. The van der Waals surface area contributed by atoms with Crippen LogP contribution in [0.15, 0.2) is 115 Å². The van der Waals surface area contributed by atoms with Crippen molar-refractivity contribution in [1.29, 1.82) is 0 Å². The first-order valence-corrected chi connectivity index (χ1v) is 49.1. The van der Waals surface area contributed by atoms with Gasteiger partial charge in [-0.3, -0.25) is 9.68 Å². The maximum Gasteiger partial charge on any atom is 0.540 e. The summed E-state index contributed by atoms with van der Waals surface area (Å²) in [6.07, 6.45) is 0.473. The summed E-state index contributed by atoms with van der Waals surface area (Å²) in [6, 6.07) is 38.3. The van der Waals surface area contributed by atoms with Crippen molar-refractivity contribution in [3.63, 3.8) is 0 Å². The Morgan fingerprint density at radius 1 is 0.234 bits per heavy atom. The third kappa shape index (κ3) is 83.9. The van der Waals surface area contributed by atoms with Crippen LogP contribution in [0, 0.1) is 11.8 Å². The average molecular weight is 2010 g/mol. The number of esters is 1. The predicted octanol–water partition coefficient (Wildman–Crippen LogP) is 30.9. The second-order valence-corrected chi connectivity index (χ2v) is 51.4. The largest absolute Gasteiger partial charge is 0.540 e. The number of ether oxygens (including phenoxy) is 2. The van der Waals surface area contributed by atoms with E-state index >= 15 is 0 Å². The van der Waals surface area contributed by atoms with Gasteiger partial charge >= 0.3 is 12.1 Å². The number of carbonyl (C=O) groups excluding carboxylic acids is 2. The van der Waals surface area contributed by atoms with Gasteiger partial charge in [-0.15, -0.1) is 0 Å². The fourth-order valence-corrected chi connectivity index (χ4v) is 8.48. The Morgan fingerprint density at radius 3 is 0.624 bits per heavy atom. The first-order valence-electron chi connectivity index (χ1n) is 49.1. The molecule has 0 saturated carbocycles. The van der Waals surface area contributed by atoms with Gasteiger partial charge in [0.2, 0.25) is 5.79 Å². The standard InChI is InChI=1S/C20H34O4.C18H22O2.C16H34O4.C16H30O4.C14H28O6.C13H20O2.C8H16O4.C8H18O2/c1-17(2,3)21-23-19(7,8)15-11-13-16(14-12-15)20(9,10)24-22-18(4,5)6;1-17(2,15-11-7-5-8-12-15)19-20-18(3,4)16-13-9-6-10-14-16;2*1-13(2,3)17-19-15(7,8)11-12-16(9,10)20-18-14(4,5)6;1-9-16-11(15)10-14(8,19-17-12(2,3)4)20-18-13(5,6)7;1-12(2,3)14-15-13(4,5)11-9-7-6-8-10-11;1-6(2)10-7(9)11-12-8(3,4)5;1-7(2,3)9-10-8(4,5)6/h11-14H,1-10H3;5-14H,1-4H3;11-12H2,1-10H3;1-10H3;9-10H2,1-8H3;6-10H,1-5H3;6H,1-5H3;1-6H3. The molecule has 0 aliphatic heterocycles. The van der Waals surface area contributed by atoms with Crippen LogP contribution in [0.4, 0.5) is 4.79 Å². The van der Waals surface area contributed by atoms with E-state index in [9.17, 15) is 9.59 Å². The second kappa shape index (κ2) is 58.9. The molecule has 0 unspecified atom stereocenters. The lowest BCUT2D eigenvalue weighted by Gasteiger charge is -2.33. The van der Waals surface area contributed by atoms with E-state index in [0.717, 1.165) is 40.7 Å². The lowest BCUT2D eigenvalue weighted by Crippen LogP contribution is -2.40. The zero-order valence-electron chi connectivity index (χ0n) is 99.3. The molecule has 0 aliphatic rings. The van der Waals surface area contributed by atoms with Crippen molar-refractivity contribution in [2.75, 3.05) is 6.61 Å². The Morgan fingerprint density at radius 2 is 0.418 bits per heavy atom. The Labute approximate surface area is 856 Å². The van der Waals surface area contributed by atoms with Gasteiger partial charge in [0, 0.05) is 0 Å². The van der Waals surface area contributed by atoms with Gasteiger partial charge in [-0.25, -0.2) is 103 Å². The number of benzene rings is 4. The second-order valence-electron chi connectivity index (χ2n) is 51.4. The highest BCUT2D eigenvalue weighted by atomic mass is 17.3. The Kier molecular flexibility index (Phi) is 59.1. The van der Waals surface area contributed by atoms with Crippen LogP contribution in [0.5, 0.6) is 0 Å². The molecule has 0 fully saturated rings. The molecule has 4 rings (SSSR count). The Bertz CT molecular complexity index is 3860. The van der Waals surface area contributed by atoms with E-state index in [1.807, 2.05) is 468 Å². The summed E-state index contributed by atoms with van der Waals surface area (Å²) in [5.41, 5.74) is -3.70. The molecule has 0 atom stereocenters. The molecule has 0 spiro atoms. The minimum atomic E-state index is -1.38. The quantitative estimate of drug-likeness (QED) is 0.0136. The van der Waals surface area contributed by atoms with Crippen LogP contribution in [0.25, 0.3) is 0 Å². The summed E-state index contributed by atoms with van der Waals surface area (Å²) < 4.78 is 9.55. The van der Waals surface area contributed by atoms with Crippen molar-refractivity contribution in [3.05, 3.63) is 143 Å².